The number of aromatic amines is 2. The van der Waals surface area contributed by atoms with Crippen molar-refractivity contribution in [3.8, 4) is 11.1 Å². The van der Waals surface area contributed by atoms with Gasteiger partial charge >= 0.3 is 0 Å². The molecule has 0 amide bonds. The van der Waals surface area contributed by atoms with Gasteiger partial charge in [-0.1, -0.05) is 30.3 Å². The normalized spacial score (nSPS) is 11.4. The first-order chi connectivity index (χ1) is 9.34. The Morgan fingerprint density at radius 3 is 2.68 bits per heavy atom. The highest BCUT2D eigenvalue weighted by atomic mass is 16.1. The standard InChI is InChI=1S/C15H11N3O/c19-15-12-7-4-8-18(12)13-11(9-16-14(13)17-15)10-5-2-1-3-6-10/h1-9,16H,(H,17,19). The Labute approximate surface area is 108 Å². The van der Waals surface area contributed by atoms with E-state index in [9.17, 15) is 4.79 Å². The monoisotopic (exact) mass is 249 g/mol. The van der Waals surface area contributed by atoms with E-state index in [1.165, 1.54) is 0 Å². The van der Waals surface area contributed by atoms with Gasteiger partial charge in [0.1, 0.15) is 11.2 Å². The lowest BCUT2D eigenvalue weighted by atomic mass is 10.1. The second kappa shape index (κ2) is 3.62. The molecule has 4 nitrogen and oxygen atoms in total. The van der Waals surface area contributed by atoms with Gasteiger partial charge < -0.3 is 14.4 Å². The van der Waals surface area contributed by atoms with Gasteiger partial charge in [-0.15, -0.1) is 0 Å². The molecule has 4 heteroatoms. The van der Waals surface area contributed by atoms with Gasteiger partial charge in [-0.25, -0.2) is 0 Å². The number of fused-ring (bicyclic) bond motifs is 3. The van der Waals surface area contributed by atoms with Crippen molar-refractivity contribution < 1.29 is 0 Å². The summed E-state index contributed by atoms with van der Waals surface area (Å²) >= 11 is 0. The van der Waals surface area contributed by atoms with E-state index >= 15 is 0 Å². The third kappa shape index (κ3) is 1.37. The van der Waals surface area contributed by atoms with E-state index in [0.29, 0.717) is 5.52 Å². The highest BCUT2D eigenvalue weighted by Gasteiger charge is 2.11. The third-order valence-corrected chi connectivity index (χ3v) is 3.40. The summed E-state index contributed by atoms with van der Waals surface area (Å²) in [7, 11) is 0. The van der Waals surface area contributed by atoms with Gasteiger partial charge in [0.2, 0.25) is 0 Å². The lowest BCUT2D eigenvalue weighted by molar-refractivity contribution is 1.18. The summed E-state index contributed by atoms with van der Waals surface area (Å²) in [5, 5.41) is 0. The number of rotatable bonds is 1. The molecule has 0 aliphatic carbocycles. The molecular formula is C15H11N3O. The predicted molar refractivity (Wildman–Crippen MR) is 75.3 cm³/mol. The van der Waals surface area contributed by atoms with Crippen LogP contribution in [0, 0.1) is 0 Å². The summed E-state index contributed by atoms with van der Waals surface area (Å²) in [6.45, 7) is 0. The molecule has 0 radical (unpaired) electrons. The number of aromatic nitrogens is 3. The molecule has 0 bridgehead atoms. The highest BCUT2D eigenvalue weighted by Crippen LogP contribution is 2.27. The van der Waals surface area contributed by atoms with Gasteiger partial charge in [-0.05, 0) is 17.7 Å². The molecule has 4 rings (SSSR count). The first kappa shape index (κ1) is 10.2. The first-order valence-corrected chi connectivity index (χ1v) is 6.10. The van der Waals surface area contributed by atoms with Gasteiger partial charge in [0, 0.05) is 18.0 Å². The average Bonchev–Trinajstić information content (AvgIpc) is 3.05. The summed E-state index contributed by atoms with van der Waals surface area (Å²) in [6, 6.07) is 13.8. The molecule has 2 N–H and O–H groups in total. The maximum Gasteiger partial charge on any atom is 0.273 e. The van der Waals surface area contributed by atoms with Crippen LogP contribution in [0.3, 0.4) is 0 Å². The van der Waals surface area contributed by atoms with Crippen molar-refractivity contribution in [1.29, 1.82) is 0 Å². The van der Waals surface area contributed by atoms with Crippen LogP contribution in [0.5, 0.6) is 0 Å². The van der Waals surface area contributed by atoms with Crippen LogP contribution in [-0.2, 0) is 0 Å². The van der Waals surface area contributed by atoms with Crippen LogP contribution in [0.15, 0.2) is 59.7 Å². The Hall–Kier alpha value is -2.75. The number of nitrogens with zero attached hydrogens (tertiary/aromatic N) is 1. The molecule has 0 saturated carbocycles. The maximum absolute atomic E-state index is 11.9. The average molecular weight is 249 g/mol. The van der Waals surface area contributed by atoms with Crippen LogP contribution in [0.25, 0.3) is 27.8 Å². The van der Waals surface area contributed by atoms with Crippen molar-refractivity contribution in [2.75, 3.05) is 0 Å². The minimum absolute atomic E-state index is 0.0843. The topological polar surface area (TPSA) is 53.1 Å². The van der Waals surface area contributed by atoms with E-state index in [4.69, 9.17) is 0 Å². The first-order valence-electron chi connectivity index (χ1n) is 6.10. The molecule has 0 aliphatic rings. The molecule has 4 aromatic rings. The maximum atomic E-state index is 11.9. The van der Waals surface area contributed by atoms with Crippen LogP contribution in [0.1, 0.15) is 0 Å². The summed E-state index contributed by atoms with van der Waals surface area (Å²) < 4.78 is 1.92. The lowest BCUT2D eigenvalue weighted by Crippen LogP contribution is -2.09. The van der Waals surface area contributed by atoms with Gasteiger partial charge in [0.05, 0.1) is 5.52 Å². The van der Waals surface area contributed by atoms with Crippen molar-refractivity contribution >= 4 is 16.7 Å². The molecule has 0 spiro atoms. The quantitative estimate of drug-likeness (QED) is 0.535. The summed E-state index contributed by atoms with van der Waals surface area (Å²) in [5.41, 5.74) is 4.51. The number of benzene rings is 1. The van der Waals surface area contributed by atoms with E-state index in [-0.39, 0.29) is 5.56 Å². The van der Waals surface area contributed by atoms with Crippen LogP contribution in [-0.4, -0.2) is 14.4 Å². The smallest absolute Gasteiger partial charge is 0.273 e. The molecule has 0 aliphatic heterocycles. The lowest BCUT2D eigenvalue weighted by Gasteiger charge is -2.02. The molecule has 0 saturated heterocycles. The Balaban J connectivity index is 2.19. The molecule has 0 fully saturated rings. The Kier molecular flexibility index (Phi) is 1.94. The summed E-state index contributed by atoms with van der Waals surface area (Å²) in [4.78, 5) is 17.9. The van der Waals surface area contributed by atoms with Crippen molar-refractivity contribution in [3.05, 3.63) is 65.2 Å². The van der Waals surface area contributed by atoms with Gasteiger partial charge in [0.15, 0.2) is 0 Å². The molecule has 3 aromatic heterocycles. The van der Waals surface area contributed by atoms with E-state index < -0.39 is 0 Å². The SMILES string of the molecule is O=c1[nH]c2[nH]cc(-c3ccccc3)c2n2cccc12. The van der Waals surface area contributed by atoms with E-state index in [2.05, 4.69) is 22.1 Å². The number of hydrogen-bond donors (Lipinski definition) is 2. The second-order valence-corrected chi connectivity index (χ2v) is 4.51. The fourth-order valence-corrected chi connectivity index (χ4v) is 2.54. The van der Waals surface area contributed by atoms with Crippen LogP contribution >= 0.6 is 0 Å². The minimum Gasteiger partial charge on any atom is -0.346 e. The van der Waals surface area contributed by atoms with E-state index in [0.717, 1.165) is 22.3 Å². The van der Waals surface area contributed by atoms with Crippen molar-refractivity contribution in [3.63, 3.8) is 0 Å². The number of hydrogen-bond acceptors (Lipinski definition) is 1. The zero-order valence-electron chi connectivity index (χ0n) is 10.1. The largest absolute Gasteiger partial charge is 0.346 e. The molecule has 0 atom stereocenters. The second-order valence-electron chi connectivity index (χ2n) is 4.51. The van der Waals surface area contributed by atoms with Crippen LogP contribution in [0.4, 0.5) is 0 Å². The van der Waals surface area contributed by atoms with E-state index in [1.807, 2.05) is 47.1 Å². The highest BCUT2D eigenvalue weighted by molar-refractivity contribution is 5.92. The van der Waals surface area contributed by atoms with Crippen LogP contribution in [0.2, 0.25) is 0 Å². The Bertz CT molecular complexity index is 928. The van der Waals surface area contributed by atoms with Crippen molar-refractivity contribution in [2.24, 2.45) is 0 Å². The molecule has 19 heavy (non-hydrogen) atoms. The van der Waals surface area contributed by atoms with Crippen molar-refractivity contribution in [2.45, 2.75) is 0 Å². The van der Waals surface area contributed by atoms with Crippen LogP contribution < -0.4 is 5.56 Å². The Morgan fingerprint density at radius 2 is 1.84 bits per heavy atom. The van der Waals surface area contributed by atoms with Gasteiger partial charge in [-0.2, -0.15) is 0 Å². The summed E-state index contributed by atoms with van der Waals surface area (Å²) in [6.07, 6.45) is 3.84. The number of H-pyrrole nitrogens is 2. The Morgan fingerprint density at radius 1 is 1.00 bits per heavy atom. The van der Waals surface area contributed by atoms with Gasteiger partial charge in [-0.3, -0.25) is 4.79 Å². The third-order valence-electron chi connectivity index (χ3n) is 3.40. The predicted octanol–water partition coefficient (Wildman–Crippen LogP) is 2.78. The molecule has 1 aromatic carbocycles. The minimum atomic E-state index is -0.0843. The molecule has 92 valence electrons. The molecule has 0 unspecified atom stereocenters. The fraction of sp³-hybridized carbons (Fsp3) is 0. The zero-order chi connectivity index (χ0) is 12.8. The van der Waals surface area contributed by atoms with E-state index in [1.54, 1.807) is 0 Å². The van der Waals surface area contributed by atoms with Gasteiger partial charge in [0.25, 0.3) is 5.56 Å². The summed E-state index contributed by atoms with van der Waals surface area (Å²) in [5.74, 6) is 0. The molecule has 3 heterocycles. The molecular weight excluding hydrogens is 238 g/mol. The zero-order valence-corrected chi connectivity index (χ0v) is 10.1. The fourth-order valence-electron chi connectivity index (χ4n) is 2.54. The number of nitrogens with one attached hydrogen (secondary N) is 2. The van der Waals surface area contributed by atoms with Crippen molar-refractivity contribution in [1.82, 2.24) is 14.4 Å².